The van der Waals surface area contributed by atoms with Gasteiger partial charge >= 0.3 is 0 Å². The van der Waals surface area contributed by atoms with Crippen LogP contribution in [0.1, 0.15) is 12.0 Å². The van der Waals surface area contributed by atoms with Crippen LogP contribution in [-0.2, 0) is 15.1 Å². The van der Waals surface area contributed by atoms with Gasteiger partial charge in [-0.05, 0) is 6.07 Å². The molecule has 1 aromatic rings. The first kappa shape index (κ1) is 10.5. The Kier molecular flexibility index (Phi) is 2.26. The number of alkyl halides is 1. The number of halogens is 1. The minimum Gasteiger partial charge on any atom is -0.359 e. The fraction of sp³-hybridized carbons (Fsp3) is 0.417. The van der Waals surface area contributed by atoms with Crippen molar-refractivity contribution in [1.29, 1.82) is 0 Å². The summed E-state index contributed by atoms with van der Waals surface area (Å²) in [5.74, 6) is 0.0767. The molecule has 0 radical (unpaired) electrons. The second-order valence-electron chi connectivity index (χ2n) is 4.32. The molecule has 3 nitrogen and oxygen atoms in total. The van der Waals surface area contributed by atoms with E-state index in [0.717, 1.165) is 17.7 Å². The highest BCUT2D eigenvalue weighted by atomic mass is 127. The van der Waals surface area contributed by atoms with Gasteiger partial charge in [0.25, 0.3) is 5.91 Å². The molecule has 3 rings (SSSR count). The van der Waals surface area contributed by atoms with Crippen LogP contribution in [0.25, 0.3) is 0 Å². The first-order chi connectivity index (χ1) is 7.65. The Hall–Kier alpha value is -0.620. The monoisotopic (exact) mass is 329 g/mol. The average molecular weight is 329 g/mol. The molecule has 0 saturated carbocycles. The highest BCUT2D eigenvalue weighted by Gasteiger charge is 2.54. The number of benzene rings is 1. The van der Waals surface area contributed by atoms with Gasteiger partial charge in [-0.25, -0.2) is 0 Å². The van der Waals surface area contributed by atoms with Gasteiger partial charge in [0, 0.05) is 23.0 Å². The molecular weight excluding hydrogens is 317 g/mol. The molecule has 1 saturated heterocycles. The van der Waals surface area contributed by atoms with Gasteiger partial charge in [0.2, 0.25) is 0 Å². The van der Waals surface area contributed by atoms with Gasteiger partial charge in [-0.3, -0.25) is 4.79 Å². The van der Waals surface area contributed by atoms with E-state index in [-0.39, 0.29) is 5.91 Å². The van der Waals surface area contributed by atoms with Crippen LogP contribution < -0.4 is 4.90 Å². The summed E-state index contributed by atoms with van der Waals surface area (Å²) in [7, 11) is 1.82. The fourth-order valence-corrected chi connectivity index (χ4v) is 3.40. The number of anilines is 1. The van der Waals surface area contributed by atoms with E-state index in [0.29, 0.717) is 10.5 Å². The lowest BCUT2D eigenvalue weighted by atomic mass is 9.92. The van der Waals surface area contributed by atoms with Crippen molar-refractivity contribution in [2.24, 2.45) is 0 Å². The second-order valence-corrected chi connectivity index (χ2v) is 6.08. The fourth-order valence-electron chi connectivity index (χ4n) is 2.60. The minimum atomic E-state index is -0.697. The normalized spacial score (nSPS) is 32.5. The van der Waals surface area contributed by atoms with Crippen molar-refractivity contribution >= 4 is 34.2 Å². The Balaban J connectivity index is 2.17. The Morgan fingerprint density at radius 2 is 2.25 bits per heavy atom. The molecule has 0 aromatic heterocycles. The van der Waals surface area contributed by atoms with Crippen molar-refractivity contribution in [1.82, 2.24) is 0 Å². The van der Waals surface area contributed by atoms with Crippen LogP contribution in [0.2, 0.25) is 0 Å². The van der Waals surface area contributed by atoms with Gasteiger partial charge in [0.15, 0.2) is 5.60 Å². The third-order valence-electron chi connectivity index (χ3n) is 3.37. The third kappa shape index (κ3) is 1.20. The summed E-state index contributed by atoms with van der Waals surface area (Å²) in [6.45, 7) is 0.661. The van der Waals surface area contributed by atoms with Crippen LogP contribution in [0.5, 0.6) is 0 Å². The summed E-state index contributed by atoms with van der Waals surface area (Å²) in [6, 6.07) is 7.91. The second kappa shape index (κ2) is 3.43. The number of carbonyl (C=O) groups is 1. The molecule has 4 heteroatoms. The predicted molar refractivity (Wildman–Crippen MR) is 69.9 cm³/mol. The molecule has 1 fully saturated rings. The van der Waals surface area contributed by atoms with Crippen LogP contribution in [0.15, 0.2) is 24.3 Å². The lowest BCUT2D eigenvalue weighted by Crippen LogP contribution is -2.38. The standard InChI is InChI=1S/C12H12INO2/c1-14-10-5-3-2-4-9(10)12(11(14)15)6-8(13)7-16-12/h2-5,8H,6-7H2,1H3. The van der Waals surface area contributed by atoms with E-state index in [9.17, 15) is 4.79 Å². The number of hydrogen-bond acceptors (Lipinski definition) is 2. The summed E-state index contributed by atoms with van der Waals surface area (Å²) in [4.78, 5) is 14.0. The molecule has 0 aliphatic carbocycles. The molecule has 2 aliphatic heterocycles. The molecule has 2 atom stereocenters. The number of rotatable bonds is 0. The van der Waals surface area contributed by atoms with Crippen LogP contribution in [0, 0.1) is 0 Å². The Bertz CT molecular complexity index is 462. The number of fused-ring (bicyclic) bond motifs is 2. The molecule has 1 aromatic carbocycles. The molecule has 2 heterocycles. The summed E-state index contributed by atoms with van der Waals surface area (Å²) in [6.07, 6.45) is 0.785. The summed E-state index contributed by atoms with van der Waals surface area (Å²) in [5.41, 5.74) is 1.32. The maximum atomic E-state index is 12.3. The van der Waals surface area contributed by atoms with Crippen LogP contribution in [0.3, 0.4) is 0 Å². The Morgan fingerprint density at radius 3 is 2.94 bits per heavy atom. The molecule has 1 amide bonds. The quantitative estimate of drug-likeness (QED) is 0.539. The number of amides is 1. The zero-order chi connectivity index (χ0) is 11.3. The highest BCUT2D eigenvalue weighted by Crippen LogP contribution is 2.48. The number of hydrogen-bond donors (Lipinski definition) is 0. The van der Waals surface area contributed by atoms with Crippen molar-refractivity contribution in [3.8, 4) is 0 Å². The number of ether oxygens (including phenoxy) is 1. The molecule has 16 heavy (non-hydrogen) atoms. The van der Waals surface area contributed by atoms with E-state index in [1.807, 2.05) is 31.3 Å². The molecular formula is C12H12INO2. The maximum absolute atomic E-state index is 12.3. The molecule has 1 spiro atoms. The van der Waals surface area contributed by atoms with Crippen molar-refractivity contribution in [2.75, 3.05) is 18.6 Å². The molecule has 0 N–H and O–H groups in total. The van der Waals surface area contributed by atoms with Crippen molar-refractivity contribution in [3.05, 3.63) is 29.8 Å². The molecule has 2 aliphatic rings. The maximum Gasteiger partial charge on any atom is 0.263 e. The van der Waals surface area contributed by atoms with Gasteiger partial charge in [0.05, 0.1) is 12.3 Å². The van der Waals surface area contributed by atoms with E-state index in [1.54, 1.807) is 4.90 Å². The summed E-state index contributed by atoms with van der Waals surface area (Å²) >= 11 is 2.35. The Labute approximate surface area is 108 Å². The zero-order valence-electron chi connectivity index (χ0n) is 8.94. The van der Waals surface area contributed by atoms with E-state index < -0.39 is 5.60 Å². The molecule has 84 valence electrons. The summed E-state index contributed by atoms with van der Waals surface area (Å²) in [5, 5.41) is 0. The molecule has 0 bridgehead atoms. The number of para-hydroxylation sites is 1. The van der Waals surface area contributed by atoms with E-state index in [2.05, 4.69) is 22.6 Å². The van der Waals surface area contributed by atoms with E-state index in [1.165, 1.54) is 0 Å². The van der Waals surface area contributed by atoms with Crippen LogP contribution >= 0.6 is 22.6 Å². The topological polar surface area (TPSA) is 29.5 Å². The Morgan fingerprint density at radius 1 is 1.50 bits per heavy atom. The van der Waals surface area contributed by atoms with Gasteiger partial charge < -0.3 is 9.64 Å². The third-order valence-corrected chi connectivity index (χ3v) is 4.17. The van der Waals surface area contributed by atoms with Crippen molar-refractivity contribution in [2.45, 2.75) is 15.9 Å². The van der Waals surface area contributed by atoms with Crippen LogP contribution in [0.4, 0.5) is 5.69 Å². The van der Waals surface area contributed by atoms with Crippen LogP contribution in [-0.4, -0.2) is 23.5 Å². The number of nitrogens with zero attached hydrogens (tertiary/aromatic N) is 1. The number of likely N-dealkylation sites (N-methyl/N-ethyl adjacent to an activating group) is 1. The molecule has 2 unspecified atom stereocenters. The van der Waals surface area contributed by atoms with Gasteiger partial charge in [-0.2, -0.15) is 0 Å². The van der Waals surface area contributed by atoms with E-state index >= 15 is 0 Å². The van der Waals surface area contributed by atoms with Crippen molar-refractivity contribution < 1.29 is 9.53 Å². The van der Waals surface area contributed by atoms with Gasteiger partial charge in [-0.15, -0.1) is 0 Å². The van der Waals surface area contributed by atoms with Gasteiger partial charge in [-0.1, -0.05) is 40.8 Å². The lowest BCUT2D eigenvalue weighted by Gasteiger charge is -2.21. The summed E-state index contributed by atoms with van der Waals surface area (Å²) < 4.78 is 6.24. The first-order valence-corrected chi connectivity index (χ1v) is 6.55. The van der Waals surface area contributed by atoms with Gasteiger partial charge in [0.1, 0.15) is 0 Å². The zero-order valence-corrected chi connectivity index (χ0v) is 11.1. The van der Waals surface area contributed by atoms with Crippen molar-refractivity contribution in [3.63, 3.8) is 0 Å². The van der Waals surface area contributed by atoms with E-state index in [4.69, 9.17) is 4.74 Å². The first-order valence-electron chi connectivity index (χ1n) is 5.31. The lowest BCUT2D eigenvalue weighted by molar-refractivity contribution is -0.137. The highest BCUT2D eigenvalue weighted by molar-refractivity contribution is 14.1. The smallest absolute Gasteiger partial charge is 0.263 e. The predicted octanol–water partition coefficient (Wildman–Crippen LogP) is 2.08. The number of carbonyl (C=O) groups excluding carboxylic acids is 1. The minimum absolute atomic E-state index is 0.0767. The average Bonchev–Trinajstić information content (AvgIpc) is 2.78. The SMILES string of the molecule is CN1C(=O)C2(CC(I)CO2)c2ccccc21. The largest absolute Gasteiger partial charge is 0.359 e.